The Morgan fingerprint density at radius 3 is 2.78 bits per heavy atom. The quantitative estimate of drug-likeness (QED) is 0.628. The summed E-state index contributed by atoms with van der Waals surface area (Å²) in [5.74, 6) is 0.535. The largest absolute Gasteiger partial charge is 0.467 e. The van der Waals surface area contributed by atoms with Crippen LogP contribution < -0.4 is 5.32 Å². The number of benzene rings is 1. The molecule has 2 heterocycles. The number of hydrogen-bond acceptors (Lipinski definition) is 3. The Balaban J connectivity index is 1.71. The van der Waals surface area contributed by atoms with Crippen molar-refractivity contribution in [3.63, 3.8) is 0 Å². The summed E-state index contributed by atoms with van der Waals surface area (Å²) in [5.41, 5.74) is 3.78. The van der Waals surface area contributed by atoms with E-state index in [1.54, 1.807) is 18.4 Å². The Bertz CT molecular complexity index is 958. The van der Waals surface area contributed by atoms with E-state index in [-0.39, 0.29) is 11.9 Å². The number of amides is 1. The fourth-order valence-electron chi connectivity index (χ4n) is 2.92. The minimum atomic E-state index is -0.192. The third-order valence-corrected chi connectivity index (χ3v) is 4.81. The van der Waals surface area contributed by atoms with Gasteiger partial charge < -0.3 is 9.73 Å². The van der Waals surface area contributed by atoms with Crippen LogP contribution >= 0.6 is 11.6 Å². The number of aromatic nitrogens is 2. The number of carbonyl (C=O) groups is 1. The Morgan fingerprint density at radius 2 is 2.07 bits per heavy atom. The van der Waals surface area contributed by atoms with Gasteiger partial charge in [-0.25, -0.2) is 0 Å². The average molecular weight is 384 g/mol. The second-order valence-corrected chi connectivity index (χ2v) is 6.82. The van der Waals surface area contributed by atoms with Gasteiger partial charge in [-0.3, -0.25) is 9.48 Å². The van der Waals surface area contributed by atoms with E-state index in [1.807, 2.05) is 55.8 Å². The maximum atomic E-state index is 12.2. The Hall–Kier alpha value is -2.79. The first-order valence-corrected chi connectivity index (χ1v) is 9.13. The van der Waals surface area contributed by atoms with Gasteiger partial charge in [0.05, 0.1) is 24.5 Å². The molecule has 140 valence electrons. The topological polar surface area (TPSA) is 60.1 Å². The predicted molar refractivity (Wildman–Crippen MR) is 107 cm³/mol. The third kappa shape index (κ3) is 4.49. The van der Waals surface area contributed by atoms with E-state index in [2.05, 4.69) is 10.4 Å². The maximum Gasteiger partial charge on any atom is 0.244 e. The smallest absolute Gasteiger partial charge is 0.244 e. The molecule has 1 aromatic carbocycles. The molecule has 0 bridgehead atoms. The molecule has 0 radical (unpaired) electrons. The van der Waals surface area contributed by atoms with Crippen molar-refractivity contribution < 1.29 is 9.21 Å². The molecule has 0 saturated carbocycles. The molecule has 0 aliphatic carbocycles. The molecule has 0 unspecified atom stereocenters. The van der Waals surface area contributed by atoms with Gasteiger partial charge in [-0.2, -0.15) is 5.10 Å². The SMILES string of the molecule is Cc1nn(Cc2ccccc2Cl)c(C)c1/C=C/C(=O)N[C@H](C)c1ccco1. The fraction of sp³-hybridized carbons (Fsp3) is 0.238. The molecule has 27 heavy (non-hydrogen) atoms. The second-order valence-electron chi connectivity index (χ2n) is 6.41. The molecule has 6 heteroatoms. The number of aryl methyl sites for hydroxylation is 1. The van der Waals surface area contributed by atoms with E-state index in [9.17, 15) is 4.79 Å². The summed E-state index contributed by atoms with van der Waals surface area (Å²) in [5, 5.41) is 8.18. The van der Waals surface area contributed by atoms with E-state index < -0.39 is 0 Å². The van der Waals surface area contributed by atoms with Crippen molar-refractivity contribution in [2.75, 3.05) is 0 Å². The van der Waals surface area contributed by atoms with Crippen LogP contribution in [0.1, 0.15) is 41.2 Å². The molecule has 0 saturated heterocycles. The van der Waals surface area contributed by atoms with E-state index in [4.69, 9.17) is 16.0 Å². The molecule has 2 aromatic heterocycles. The molecule has 0 fully saturated rings. The molecular formula is C21H22ClN3O2. The highest BCUT2D eigenvalue weighted by Crippen LogP contribution is 2.20. The van der Waals surface area contributed by atoms with Crippen molar-refractivity contribution in [3.05, 3.63) is 82.0 Å². The minimum absolute atomic E-state index is 0.184. The lowest BCUT2D eigenvalue weighted by atomic mass is 10.1. The van der Waals surface area contributed by atoms with Crippen molar-refractivity contribution in [2.45, 2.75) is 33.4 Å². The Morgan fingerprint density at radius 1 is 1.30 bits per heavy atom. The van der Waals surface area contributed by atoms with Crippen molar-refractivity contribution in [2.24, 2.45) is 0 Å². The van der Waals surface area contributed by atoms with Crippen LogP contribution in [0.3, 0.4) is 0 Å². The molecule has 1 N–H and O–H groups in total. The van der Waals surface area contributed by atoms with Gasteiger partial charge in [0.2, 0.25) is 5.91 Å². The van der Waals surface area contributed by atoms with Crippen LogP contribution in [0, 0.1) is 13.8 Å². The van der Waals surface area contributed by atoms with Crippen molar-refractivity contribution >= 4 is 23.6 Å². The van der Waals surface area contributed by atoms with Gasteiger partial charge in [0.15, 0.2) is 0 Å². The van der Waals surface area contributed by atoms with Gasteiger partial charge in [0.25, 0.3) is 0 Å². The molecule has 1 atom stereocenters. The van der Waals surface area contributed by atoms with Crippen molar-refractivity contribution in [3.8, 4) is 0 Å². The zero-order valence-electron chi connectivity index (χ0n) is 15.6. The first-order chi connectivity index (χ1) is 13.0. The van der Waals surface area contributed by atoms with Gasteiger partial charge in [-0.15, -0.1) is 0 Å². The molecule has 1 amide bonds. The molecule has 3 aromatic rings. The van der Waals surface area contributed by atoms with E-state index in [0.717, 1.165) is 28.3 Å². The molecule has 0 aliphatic rings. The maximum absolute atomic E-state index is 12.2. The number of nitrogens with zero attached hydrogens (tertiary/aromatic N) is 2. The van der Waals surface area contributed by atoms with Gasteiger partial charge in [0, 0.05) is 22.4 Å². The lowest BCUT2D eigenvalue weighted by Gasteiger charge is -2.09. The van der Waals surface area contributed by atoms with E-state index >= 15 is 0 Å². The highest BCUT2D eigenvalue weighted by atomic mass is 35.5. The first-order valence-electron chi connectivity index (χ1n) is 8.75. The zero-order valence-corrected chi connectivity index (χ0v) is 16.3. The summed E-state index contributed by atoms with van der Waals surface area (Å²) in [4.78, 5) is 12.2. The lowest BCUT2D eigenvalue weighted by molar-refractivity contribution is -0.117. The number of carbonyl (C=O) groups excluding carboxylic acids is 1. The van der Waals surface area contributed by atoms with Gasteiger partial charge >= 0.3 is 0 Å². The molecule has 3 rings (SSSR count). The van der Waals surface area contributed by atoms with Gasteiger partial charge in [-0.05, 0) is 50.6 Å². The summed E-state index contributed by atoms with van der Waals surface area (Å²) >= 11 is 6.25. The average Bonchev–Trinajstić information content (AvgIpc) is 3.25. The first kappa shape index (κ1) is 19.0. The van der Waals surface area contributed by atoms with Crippen LogP contribution in [0.4, 0.5) is 0 Å². The number of rotatable bonds is 6. The van der Waals surface area contributed by atoms with Crippen LogP contribution in [0.5, 0.6) is 0 Å². The summed E-state index contributed by atoms with van der Waals surface area (Å²) < 4.78 is 7.21. The third-order valence-electron chi connectivity index (χ3n) is 4.45. The zero-order chi connectivity index (χ0) is 19.4. The van der Waals surface area contributed by atoms with E-state index in [0.29, 0.717) is 11.6 Å². The van der Waals surface area contributed by atoms with Gasteiger partial charge in [-0.1, -0.05) is 29.8 Å². The second kappa shape index (κ2) is 8.27. The standard InChI is InChI=1S/C21H22ClN3O2/c1-14-18(10-11-21(26)23-15(2)20-9-6-12-27-20)16(3)25(24-14)13-17-7-4-5-8-19(17)22/h4-12,15H,13H2,1-3H3,(H,23,26)/b11-10+/t15-/m1/s1. The van der Waals surface area contributed by atoms with Crippen molar-refractivity contribution in [1.29, 1.82) is 0 Å². The minimum Gasteiger partial charge on any atom is -0.467 e. The summed E-state index contributed by atoms with van der Waals surface area (Å²) in [6.07, 6.45) is 4.91. The highest BCUT2D eigenvalue weighted by Gasteiger charge is 2.13. The van der Waals surface area contributed by atoms with E-state index in [1.165, 1.54) is 6.08 Å². The fourth-order valence-corrected chi connectivity index (χ4v) is 3.12. The molecule has 5 nitrogen and oxygen atoms in total. The molecule has 0 spiro atoms. The summed E-state index contributed by atoms with van der Waals surface area (Å²) in [7, 11) is 0. The van der Waals surface area contributed by atoms with Crippen LogP contribution in [0.25, 0.3) is 6.08 Å². The van der Waals surface area contributed by atoms with Crippen LogP contribution in [-0.2, 0) is 11.3 Å². The monoisotopic (exact) mass is 383 g/mol. The molecular weight excluding hydrogens is 362 g/mol. The number of nitrogens with one attached hydrogen (secondary N) is 1. The van der Waals surface area contributed by atoms with Crippen LogP contribution in [-0.4, -0.2) is 15.7 Å². The Labute approximate surface area is 163 Å². The van der Waals surface area contributed by atoms with Crippen LogP contribution in [0.2, 0.25) is 5.02 Å². The Kier molecular flexibility index (Phi) is 5.81. The lowest BCUT2D eigenvalue weighted by Crippen LogP contribution is -2.24. The number of halogens is 1. The van der Waals surface area contributed by atoms with Crippen molar-refractivity contribution in [1.82, 2.24) is 15.1 Å². The summed E-state index contributed by atoms with van der Waals surface area (Å²) in [6.45, 7) is 6.38. The number of hydrogen-bond donors (Lipinski definition) is 1. The predicted octanol–water partition coefficient (Wildman–Crippen LogP) is 4.69. The van der Waals surface area contributed by atoms with Crippen LogP contribution in [0.15, 0.2) is 53.2 Å². The summed E-state index contributed by atoms with van der Waals surface area (Å²) in [6, 6.07) is 11.2. The number of furan rings is 1. The highest BCUT2D eigenvalue weighted by molar-refractivity contribution is 6.31. The normalized spacial score (nSPS) is 12.4. The molecule has 0 aliphatic heterocycles. The van der Waals surface area contributed by atoms with Gasteiger partial charge in [0.1, 0.15) is 5.76 Å².